The van der Waals surface area contributed by atoms with E-state index in [4.69, 9.17) is 14.9 Å². The predicted molar refractivity (Wildman–Crippen MR) is 43.1 cm³/mol. The zero-order valence-corrected chi connectivity index (χ0v) is 15.1. The van der Waals surface area contributed by atoms with Crippen molar-refractivity contribution >= 4 is 15.2 Å². The van der Waals surface area contributed by atoms with E-state index in [0.29, 0.717) is 0 Å². The number of hydrogen-bond acceptors (Lipinski definition) is 5. The zero-order valence-electron chi connectivity index (χ0n) is 9.28. The smallest absolute Gasteiger partial charge is 0.776 e. The quantitative estimate of drug-likeness (QED) is 0.341. The fourth-order valence-electron chi connectivity index (χ4n) is 0.778. The van der Waals surface area contributed by atoms with E-state index in [9.17, 15) is 18.9 Å². The average molecular weight is 296 g/mol. The number of rotatable bonds is 4. The van der Waals surface area contributed by atoms with Gasteiger partial charge in [-0.3, -0.25) is 0 Å². The van der Waals surface area contributed by atoms with Crippen molar-refractivity contribution in [3.8, 4) is 0 Å². The molecule has 0 heterocycles. The molecule has 88 valence electrons. The summed E-state index contributed by atoms with van der Waals surface area (Å²) in [6.45, 7) is 1.39. The predicted octanol–water partition coefficient (Wildman–Crippen LogP) is -8.29. The molecule has 0 saturated heterocycles. The maximum Gasteiger partial charge on any atom is 1.00 e. The van der Waals surface area contributed by atoms with Gasteiger partial charge in [0.25, 0.3) is 0 Å². The zero-order chi connectivity index (χ0) is 10.9. The summed E-state index contributed by atoms with van der Waals surface area (Å²) in [5, 5.41) is 5.57. The third kappa shape index (κ3) is 6.41. The Morgan fingerprint density at radius 1 is 1.12 bits per heavy atom. The third-order valence-electron chi connectivity index (χ3n) is 1.49. The van der Waals surface area contributed by atoms with Crippen LogP contribution < -0.4 is 68.9 Å². The summed E-state index contributed by atoms with van der Waals surface area (Å²) in [7, 11) is -11.1. The normalized spacial score (nSPS) is 20.9. The van der Waals surface area contributed by atoms with Crippen LogP contribution in [0.25, 0.3) is 0 Å². The molecule has 2 atom stereocenters. The SMILES string of the molecule is CCCC(O)(P(=O)([O-])O)P(=O)([O-])O.O.[Na+].[Na+]. The van der Waals surface area contributed by atoms with Gasteiger partial charge in [-0.25, -0.2) is 0 Å². The topological polar surface area (TPSA) is 172 Å². The summed E-state index contributed by atoms with van der Waals surface area (Å²) >= 11 is 0. The molecular formula is C4H12Na2O8P2. The van der Waals surface area contributed by atoms with Gasteiger partial charge in [0.2, 0.25) is 0 Å². The van der Waals surface area contributed by atoms with E-state index in [1.807, 2.05) is 0 Å². The largest absolute Gasteiger partial charge is 1.00 e. The minimum atomic E-state index is -5.55. The Bertz CT molecular complexity index is 249. The molecule has 0 spiro atoms. The van der Waals surface area contributed by atoms with Crippen molar-refractivity contribution in [2.45, 2.75) is 24.8 Å². The van der Waals surface area contributed by atoms with Crippen molar-refractivity contribution < 1.29 is 98.4 Å². The van der Waals surface area contributed by atoms with E-state index in [1.54, 1.807) is 0 Å². The summed E-state index contributed by atoms with van der Waals surface area (Å²) in [5.41, 5.74) is 0. The molecule has 2 unspecified atom stereocenters. The molecule has 0 fully saturated rings. The van der Waals surface area contributed by atoms with Gasteiger partial charge in [0, 0.05) is 0 Å². The Labute approximate surface area is 137 Å². The molecule has 0 aliphatic heterocycles. The fourth-order valence-corrected chi connectivity index (χ4v) is 3.07. The molecule has 0 rings (SSSR count). The Hall–Kier alpha value is 2.22. The molecule has 8 nitrogen and oxygen atoms in total. The average Bonchev–Trinajstić information content (AvgIpc) is 1.82. The van der Waals surface area contributed by atoms with Crippen molar-refractivity contribution in [3.05, 3.63) is 0 Å². The van der Waals surface area contributed by atoms with Gasteiger partial charge in [-0.1, -0.05) is 13.3 Å². The molecule has 0 saturated carbocycles. The first-order chi connectivity index (χ1) is 5.56. The molecule has 5 N–H and O–H groups in total. The molecule has 0 bridgehead atoms. The van der Waals surface area contributed by atoms with Gasteiger partial charge in [0.05, 0.1) is 0 Å². The van der Waals surface area contributed by atoms with Crippen LogP contribution in [0.2, 0.25) is 0 Å². The Morgan fingerprint density at radius 3 is 1.44 bits per heavy atom. The molecule has 0 aromatic heterocycles. The first-order valence-corrected chi connectivity index (χ1v) is 6.52. The van der Waals surface area contributed by atoms with Crippen molar-refractivity contribution in [3.63, 3.8) is 0 Å². The second-order valence-corrected chi connectivity index (χ2v) is 6.48. The molecule has 0 aliphatic carbocycles. The first-order valence-electron chi connectivity index (χ1n) is 3.36. The number of aliphatic hydroxyl groups is 1. The van der Waals surface area contributed by atoms with Gasteiger partial charge >= 0.3 is 59.1 Å². The van der Waals surface area contributed by atoms with Crippen molar-refractivity contribution in [2.24, 2.45) is 0 Å². The van der Waals surface area contributed by atoms with Gasteiger partial charge in [0.1, 0.15) is 0 Å². The molecule has 0 amide bonds. The molecule has 0 aromatic rings. The first kappa shape index (κ1) is 26.7. The second kappa shape index (κ2) is 9.18. The minimum absolute atomic E-state index is 0. The van der Waals surface area contributed by atoms with Crippen molar-refractivity contribution in [2.75, 3.05) is 0 Å². The number of hydrogen-bond donors (Lipinski definition) is 3. The van der Waals surface area contributed by atoms with Crippen molar-refractivity contribution in [1.29, 1.82) is 0 Å². The summed E-state index contributed by atoms with van der Waals surface area (Å²) in [5.74, 6) is 0. The van der Waals surface area contributed by atoms with Crippen LogP contribution in [0.3, 0.4) is 0 Å². The van der Waals surface area contributed by atoms with Crippen LogP contribution >= 0.6 is 15.2 Å². The summed E-state index contributed by atoms with van der Waals surface area (Å²) in [4.78, 5) is 37.8. The van der Waals surface area contributed by atoms with Crippen LogP contribution in [0.15, 0.2) is 0 Å². The van der Waals surface area contributed by atoms with Crippen LogP contribution in [-0.4, -0.2) is 25.5 Å². The van der Waals surface area contributed by atoms with E-state index < -0.39 is 26.7 Å². The van der Waals surface area contributed by atoms with E-state index in [1.165, 1.54) is 6.92 Å². The van der Waals surface area contributed by atoms with Crippen LogP contribution in [0.1, 0.15) is 19.8 Å². The minimum Gasteiger partial charge on any atom is -0.776 e. The monoisotopic (exact) mass is 296 g/mol. The third-order valence-corrected chi connectivity index (χ3v) is 5.26. The molecule has 0 aliphatic rings. The van der Waals surface area contributed by atoms with Gasteiger partial charge < -0.3 is 39.3 Å². The van der Waals surface area contributed by atoms with E-state index in [-0.39, 0.29) is 71.0 Å². The maximum absolute atomic E-state index is 10.5. The van der Waals surface area contributed by atoms with Gasteiger partial charge in [-0.15, -0.1) is 0 Å². The summed E-state index contributed by atoms with van der Waals surface area (Å²) in [6.07, 6.45) is -0.808. The summed E-state index contributed by atoms with van der Waals surface area (Å²) in [6, 6.07) is 0. The van der Waals surface area contributed by atoms with Gasteiger partial charge in [-0.2, -0.15) is 0 Å². The Morgan fingerprint density at radius 2 is 1.38 bits per heavy atom. The summed E-state index contributed by atoms with van der Waals surface area (Å²) < 4.78 is 21.0. The van der Waals surface area contributed by atoms with E-state index in [2.05, 4.69) is 0 Å². The molecule has 0 radical (unpaired) electrons. The van der Waals surface area contributed by atoms with E-state index in [0.717, 1.165) is 0 Å². The van der Waals surface area contributed by atoms with Crippen molar-refractivity contribution in [1.82, 2.24) is 0 Å². The van der Waals surface area contributed by atoms with E-state index >= 15 is 0 Å². The van der Waals surface area contributed by atoms with Gasteiger partial charge in [0.15, 0.2) is 20.3 Å². The van der Waals surface area contributed by atoms with Crippen LogP contribution in [0.5, 0.6) is 0 Å². The van der Waals surface area contributed by atoms with Gasteiger partial charge in [-0.05, 0) is 6.42 Å². The van der Waals surface area contributed by atoms with Crippen LogP contribution in [0.4, 0.5) is 0 Å². The Balaban J connectivity index is -0.000000240. The van der Waals surface area contributed by atoms with Crippen LogP contribution in [0, 0.1) is 0 Å². The van der Waals surface area contributed by atoms with Crippen LogP contribution in [-0.2, 0) is 9.13 Å². The molecular weight excluding hydrogens is 284 g/mol. The Kier molecular flexibility index (Phi) is 15.3. The molecule has 12 heteroatoms. The standard InChI is InChI=1S/C4H12O7P2.2Na.H2O/c1-2-3-4(5,12(6,7)8)13(9,10)11;;;/h5H,2-3H2,1H3,(H2,6,7,8)(H2,9,10,11);;;1H2/q;2*+1;/p-2. The maximum atomic E-state index is 10.5. The fraction of sp³-hybridized carbons (Fsp3) is 1.00. The second-order valence-electron chi connectivity index (χ2n) is 2.57. The molecule has 16 heavy (non-hydrogen) atoms. The molecule has 0 aromatic carbocycles.